The third kappa shape index (κ3) is 5.26. The topological polar surface area (TPSA) is 103 Å². The van der Waals surface area contributed by atoms with Crippen LogP contribution in [0.15, 0.2) is 59.5 Å². The number of pyridine rings is 1. The second kappa shape index (κ2) is 10.5. The van der Waals surface area contributed by atoms with Gasteiger partial charge in [-0.2, -0.15) is 0 Å². The van der Waals surface area contributed by atoms with E-state index in [1.54, 1.807) is 37.3 Å². The van der Waals surface area contributed by atoms with Gasteiger partial charge in [0.2, 0.25) is 0 Å². The van der Waals surface area contributed by atoms with Crippen LogP contribution in [-0.4, -0.2) is 34.3 Å². The highest BCUT2D eigenvalue weighted by Crippen LogP contribution is 2.34. The predicted octanol–water partition coefficient (Wildman–Crippen LogP) is 4.84. The fourth-order valence-corrected chi connectivity index (χ4v) is 4.03. The zero-order valence-corrected chi connectivity index (χ0v) is 19.8. The molecule has 176 valence electrons. The smallest absolute Gasteiger partial charge is 0.335 e. The van der Waals surface area contributed by atoms with Gasteiger partial charge in [-0.3, -0.25) is 14.4 Å². The minimum Gasteiger partial charge on any atom is -0.495 e. The van der Waals surface area contributed by atoms with Crippen molar-refractivity contribution in [2.75, 3.05) is 7.11 Å². The molecule has 1 unspecified atom stereocenters. The number of hydrogen-bond acceptors (Lipinski definition) is 5. The lowest BCUT2D eigenvalue weighted by Crippen LogP contribution is -2.30. The Morgan fingerprint density at radius 3 is 2.29 bits per heavy atom. The largest absolute Gasteiger partial charge is 0.495 e. The van der Waals surface area contributed by atoms with E-state index in [4.69, 9.17) is 21.4 Å². The molecule has 1 heterocycles. The molecular formula is C26H24ClNO6. The molecule has 1 atom stereocenters. The molecule has 8 heteroatoms. The lowest BCUT2D eigenvalue weighted by molar-refractivity contribution is -0.121. The number of carboxylic acid groups (broad SMARTS) is 1. The van der Waals surface area contributed by atoms with Crippen LogP contribution in [0, 0.1) is 0 Å². The minimum absolute atomic E-state index is 0.0394. The van der Waals surface area contributed by atoms with Gasteiger partial charge in [0.1, 0.15) is 5.75 Å². The Morgan fingerprint density at radius 2 is 1.74 bits per heavy atom. The number of carbonyl (C=O) groups is 3. The maximum Gasteiger partial charge on any atom is 0.335 e. The number of hydrogen-bond donors (Lipinski definition) is 1. The van der Waals surface area contributed by atoms with Crippen molar-refractivity contribution in [2.24, 2.45) is 0 Å². The molecule has 0 spiro atoms. The Kier molecular flexibility index (Phi) is 7.68. The molecule has 0 aliphatic rings. The first-order valence-corrected chi connectivity index (χ1v) is 11.0. The van der Waals surface area contributed by atoms with E-state index in [0.29, 0.717) is 39.4 Å². The highest BCUT2D eigenvalue weighted by Gasteiger charge is 2.23. The van der Waals surface area contributed by atoms with Crippen LogP contribution in [0.2, 0.25) is 5.02 Å². The third-order valence-corrected chi connectivity index (χ3v) is 5.82. The quantitative estimate of drug-likeness (QED) is 0.438. The number of nitrogens with zero attached hydrogens (tertiary/aromatic N) is 1. The van der Waals surface area contributed by atoms with Gasteiger partial charge in [0.15, 0.2) is 11.6 Å². The number of rotatable bonds is 9. The summed E-state index contributed by atoms with van der Waals surface area (Å²) in [5.74, 6) is -1.11. The van der Waals surface area contributed by atoms with E-state index in [9.17, 15) is 19.2 Å². The average molecular weight is 482 g/mol. The second-order valence-electron chi connectivity index (χ2n) is 7.82. The first kappa shape index (κ1) is 24.9. The molecule has 34 heavy (non-hydrogen) atoms. The zero-order chi connectivity index (χ0) is 25.0. The summed E-state index contributed by atoms with van der Waals surface area (Å²) in [5, 5.41) is 9.44. The zero-order valence-electron chi connectivity index (χ0n) is 19.0. The first-order chi connectivity index (χ1) is 16.2. The Morgan fingerprint density at radius 1 is 1.06 bits per heavy atom. The number of benzene rings is 2. The van der Waals surface area contributed by atoms with E-state index >= 15 is 0 Å². The van der Waals surface area contributed by atoms with Crippen molar-refractivity contribution in [3.63, 3.8) is 0 Å². The van der Waals surface area contributed by atoms with Crippen LogP contribution in [0.25, 0.3) is 11.1 Å². The molecule has 1 aromatic heterocycles. The van der Waals surface area contributed by atoms with Gasteiger partial charge in [0.05, 0.1) is 24.9 Å². The van der Waals surface area contributed by atoms with Crippen molar-refractivity contribution in [1.82, 2.24) is 4.57 Å². The molecule has 0 bridgehead atoms. The summed E-state index contributed by atoms with van der Waals surface area (Å²) in [4.78, 5) is 49.3. The second-order valence-corrected chi connectivity index (χ2v) is 8.25. The fourth-order valence-electron chi connectivity index (χ4n) is 3.86. The van der Waals surface area contributed by atoms with Gasteiger partial charge in [-0.05, 0) is 54.8 Å². The average Bonchev–Trinajstić information content (AvgIpc) is 2.80. The molecule has 3 aromatic rings. The number of halogens is 1. The SMILES string of the molecule is CCC(C(=O)Cc1ccc(C(=O)O)cc1)n1cc(OC)c(-c2cc(Cl)ccc2C(C)=O)cc1=O. The summed E-state index contributed by atoms with van der Waals surface area (Å²) < 4.78 is 6.84. The van der Waals surface area contributed by atoms with Gasteiger partial charge < -0.3 is 14.4 Å². The molecule has 0 saturated heterocycles. The summed E-state index contributed by atoms with van der Waals surface area (Å²) in [6.07, 6.45) is 1.88. The number of aromatic nitrogens is 1. The molecule has 1 N–H and O–H groups in total. The molecule has 3 rings (SSSR count). The molecule has 7 nitrogen and oxygen atoms in total. The summed E-state index contributed by atoms with van der Waals surface area (Å²) in [5.41, 5.74) is 1.63. The molecule has 2 aromatic carbocycles. The van der Waals surface area contributed by atoms with Gasteiger partial charge in [0.25, 0.3) is 5.56 Å². The summed E-state index contributed by atoms with van der Waals surface area (Å²) >= 11 is 6.14. The van der Waals surface area contributed by atoms with E-state index in [2.05, 4.69) is 0 Å². The van der Waals surface area contributed by atoms with Crippen molar-refractivity contribution in [3.05, 3.63) is 86.8 Å². The summed E-state index contributed by atoms with van der Waals surface area (Å²) in [6, 6.07) is 11.4. The van der Waals surface area contributed by atoms with Crippen LogP contribution in [0.3, 0.4) is 0 Å². The standard InChI is InChI=1S/C26H24ClNO6/c1-4-22(23(30)11-16-5-7-17(8-6-16)26(32)33)28-14-24(34-3)21(13-25(28)31)20-12-18(27)9-10-19(20)15(2)29/h5-10,12-14,22H,4,11H2,1-3H3,(H,32,33). The lowest BCUT2D eigenvalue weighted by atomic mass is 9.97. The van der Waals surface area contributed by atoms with Crippen LogP contribution in [-0.2, 0) is 11.2 Å². The van der Waals surface area contributed by atoms with Crippen LogP contribution in [0.4, 0.5) is 0 Å². The van der Waals surface area contributed by atoms with E-state index in [1.807, 2.05) is 0 Å². The Bertz CT molecular complexity index is 1310. The van der Waals surface area contributed by atoms with Gasteiger partial charge in [-0.1, -0.05) is 30.7 Å². The molecule has 0 fully saturated rings. The summed E-state index contributed by atoms with van der Waals surface area (Å²) in [6.45, 7) is 3.23. The molecule has 0 amide bonds. The number of carbonyl (C=O) groups excluding carboxylic acids is 2. The highest BCUT2D eigenvalue weighted by atomic mass is 35.5. The van der Waals surface area contributed by atoms with Crippen molar-refractivity contribution >= 4 is 29.1 Å². The van der Waals surface area contributed by atoms with Gasteiger partial charge >= 0.3 is 5.97 Å². The normalized spacial score (nSPS) is 11.6. The van der Waals surface area contributed by atoms with Crippen LogP contribution >= 0.6 is 11.6 Å². The van der Waals surface area contributed by atoms with E-state index in [0.717, 1.165) is 0 Å². The van der Waals surface area contributed by atoms with Crippen molar-refractivity contribution in [3.8, 4) is 16.9 Å². The minimum atomic E-state index is -1.05. The number of ether oxygens (including phenoxy) is 1. The fraction of sp³-hybridized carbons (Fsp3) is 0.231. The van der Waals surface area contributed by atoms with Gasteiger partial charge in [-0.15, -0.1) is 0 Å². The van der Waals surface area contributed by atoms with Gasteiger partial charge in [-0.25, -0.2) is 4.79 Å². The van der Waals surface area contributed by atoms with Crippen molar-refractivity contribution in [1.29, 1.82) is 0 Å². The van der Waals surface area contributed by atoms with Crippen LogP contribution in [0.5, 0.6) is 5.75 Å². The molecule has 0 saturated carbocycles. The van der Waals surface area contributed by atoms with E-state index < -0.39 is 17.6 Å². The van der Waals surface area contributed by atoms with E-state index in [1.165, 1.54) is 43.0 Å². The Balaban J connectivity index is 2.00. The maximum absolute atomic E-state index is 13.1. The lowest BCUT2D eigenvalue weighted by Gasteiger charge is -2.20. The third-order valence-electron chi connectivity index (χ3n) is 5.59. The number of Topliss-reactive ketones (excluding diaryl/α,β-unsaturated/α-hetero) is 2. The van der Waals surface area contributed by atoms with Crippen molar-refractivity contribution in [2.45, 2.75) is 32.7 Å². The maximum atomic E-state index is 13.1. The number of methoxy groups -OCH3 is 1. The van der Waals surface area contributed by atoms with Gasteiger partial charge in [0, 0.05) is 28.6 Å². The van der Waals surface area contributed by atoms with Crippen molar-refractivity contribution < 1.29 is 24.2 Å². The first-order valence-electron chi connectivity index (χ1n) is 10.6. The van der Waals surface area contributed by atoms with Crippen LogP contribution in [0.1, 0.15) is 52.6 Å². The molecular weight excluding hydrogens is 458 g/mol. The monoisotopic (exact) mass is 481 g/mol. The molecule has 0 aliphatic carbocycles. The van der Waals surface area contributed by atoms with Crippen LogP contribution < -0.4 is 10.3 Å². The van der Waals surface area contributed by atoms with E-state index in [-0.39, 0.29) is 23.6 Å². The number of ketones is 2. The number of aromatic carboxylic acids is 1. The Labute approximate surface area is 201 Å². The highest BCUT2D eigenvalue weighted by molar-refractivity contribution is 6.31. The summed E-state index contributed by atoms with van der Waals surface area (Å²) in [7, 11) is 1.44. The Hall–Kier alpha value is -3.71. The molecule has 0 radical (unpaired) electrons. The number of carboxylic acids is 1. The predicted molar refractivity (Wildman–Crippen MR) is 129 cm³/mol. The molecule has 0 aliphatic heterocycles.